The molecule has 0 radical (unpaired) electrons. The maximum Gasteiger partial charge on any atom is 0.222 e. The zero-order valence-electron chi connectivity index (χ0n) is 9.78. The molecule has 17 heavy (non-hydrogen) atoms. The van der Waals surface area contributed by atoms with Crippen LogP contribution in [-0.4, -0.2) is 41.1 Å². The van der Waals surface area contributed by atoms with Crippen molar-refractivity contribution in [2.75, 3.05) is 41.8 Å². The molecule has 2 aliphatic heterocycles. The summed E-state index contributed by atoms with van der Waals surface area (Å²) in [5.41, 5.74) is 8.19. The molecule has 0 amide bonds. The van der Waals surface area contributed by atoms with Gasteiger partial charge in [-0.25, -0.2) is 4.98 Å². The minimum absolute atomic E-state index is 0.416. The summed E-state index contributed by atoms with van der Waals surface area (Å²) in [4.78, 5) is 11.2. The molecule has 1 aromatic rings. The highest BCUT2D eigenvalue weighted by Gasteiger charge is 2.22. The Labute approximate surface area is 105 Å². The predicted octanol–water partition coefficient (Wildman–Crippen LogP) is 0.258. The van der Waals surface area contributed by atoms with Crippen molar-refractivity contribution in [2.45, 2.75) is 13.0 Å². The van der Waals surface area contributed by atoms with E-state index in [0.717, 1.165) is 44.1 Å². The van der Waals surface area contributed by atoms with Crippen LogP contribution in [0.15, 0.2) is 0 Å². The Kier molecular flexibility index (Phi) is 3.07. The van der Waals surface area contributed by atoms with Crippen molar-refractivity contribution in [1.29, 1.82) is 0 Å². The first-order chi connectivity index (χ1) is 8.34. The fraction of sp³-hybridized carbons (Fsp3) is 0.636. The molecule has 0 spiro atoms. The van der Waals surface area contributed by atoms with E-state index in [1.165, 1.54) is 17.1 Å². The van der Waals surface area contributed by atoms with Crippen molar-refractivity contribution < 1.29 is 0 Å². The van der Waals surface area contributed by atoms with Gasteiger partial charge < -0.3 is 16.0 Å². The topological polar surface area (TPSA) is 67.1 Å². The first-order valence-corrected chi connectivity index (χ1v) is 7.19. The van der Waals surface area contributed by atoms with Crippen LogP contribution in [0.2, 0.25) is 0 Å². The Morgan fingerprint density at radius 1 is 1.24 bits per heavy atom. The van der Waals surface area contributed by atoms with Gasteiger partial charge in [-0.3, -0.25) is 0 Å². The van der Waals surface area contributed by atoms with Crippen LogP contribution >= 0.6 is 11.8 Å². The zero-order valence-corrected chi connectivity index (χ0v) is 10.6. The summed E-state index contributed by atoms with van der Waals surface area (Å²) < 4.78 is 0. The lowest BCUT2D eigenvalue weighted by atomic mass is 10.1. The highest BCUT2D eigenvalue weighted by Crippen LogP contribution is 2.26. The second-order valence-electron chi connectivity index (χ2n) is 4.36. The summed E-state index contributed by atoms with van der Waals surface area (Å²) in [6.07, 6.45) is 0.956. The molecule has 1 fully saturated rings. The van der Waals surface area contributed by atoms with Crippen LogP contribution in [0.5, 0.6) is 0 Å². The average Bonchev–Trinajstić information content (AvgIpc) is 2.39. The van der Waals surface area contributed by atoms with E-state index in [-0.39, 0.29) is 0 Å². The van der Waals surface area contributed by atoms with E-state index in [4.69, 9.17) is 5.73 Å². The van der Waals surface area contributed by atoms with Crippen LogP contribution in [0.1, 0.15) is 11.3 Å². The van der Waals surface area contributed by atoms with E-state index in [2.05, 4.69) is 20.2 Å². The van der Waals surface area contributed by atoms with Gasteiger partial charge in [0.05, 0.1) is 5.69 Å². The second kappa shape index (κ2) is 4.70. The van der Waals surface area contributed by atoms with Gasteiger partial charge >= 0.3 is 0 Å². The molecule has 0 saturated carbocycles. The molecule has 1 saturated heterocycles. The van der Waals surface area contributed by atoms with Crippen LogP contribution in [0, 0.1) is 0 Å². The second-order valence-corrected chi connectivity index (χ2v) is 5.58. The van der Waals surface area contributed by atoms with Gasteiger partial charge in [0, 0.05) is 49.7 Å². The third-order valence-electron chi connectivity index (χ3n) is 3.24. The normalized spacial score (nSPS) is 20.1. The first kappa shape index (κ1) is 11.1. The summed E-state index contributed by atoms with van der Waals surface area (Å²) in [5, 5.41) is 3.39. The fourth-order valence-corrected chi connectivity index (χ4v) is 3.28. The third-order valence-corrected chi connectivity index (χ3v) is 4.18. The Morgan fingerprint density at radius 3 is 2.88 bits per heavy atom. The maximum atomic E-state index is 5.81. The Balaban J connectivity index is 1.98. The molecule has 0 atom stereocenters. The van der Waals surface area contributed by atoms with Crippen molar-refractivity contribution in [3.63, 3.8) is 0 Å². The molecule has 3 rings (SSSR count). The summed E-state index contributed by atoms with van der Waals surface area (Å²) >= 11 is 2.00. The number of aromatic nitrogens is 2. The molecule has 5 nitrogen and oxygen atoms in total. The number of nitrogens with one attached hydrogen (secondary N) is 1. The largest absolute Gasteiger partial charge is 0.368 e. The van der Waals surface area contributed by atoms with Gasteiger partial charge in [-0.05, 0) is 0 Å². The van der Waals surface area contributed by atoms with Gasteiger partial charge in [0.15, 0.2) is 0 Å². The summed E-state index contributed by atoms with van der Waals surface area (Å²) in [6, 6.07) is 0. The van der Waals surface area contributed by atoms with Crippen LogP contribution < -0.4 is 16.0 Å². The van der Waals surface area contributed by atoms with E-state index < -0.39 is 0 Å². The summed E-state index contributed by atoms with van der Waals surface area (Å²) in [7, 11) is 0. The first-order valence-electron chi connectivity index (χ1n) is 6.03. The standard InChI is InChI=1S/C11H17N5S/c12-11-14-9-1-2-13-7-8(9)10(15-11)16-3-5-17-6-4-16/h13H,1-7H2,(H2,12,14,15). The molecule has 0 aromatic carbocycles. The molecule has 0 unspecified atom stereocenters. The predicted molar refractivity (Wildman–Crippen MR) is 71.4 cm³/mol. The van der Waals surface area contributed by atoms with Gasteiger partial charge in [-0.15, -0.1) is 0 Å². The monoisotopic (exact) mass is 251 g/mol. The Hall–Kier alpha value is -1.01. The smallest absolute Gasteiger partial charge is 0.222 e. The molecular formula is C11H17N5S. The average molecular weight is 251 g/mol. The van der Waals surface area contributed by atoms with E-state index in [1.807, 2.05) is 11.8 Å². The maximum absolute atomic E-state index is 5.81. The van der Waals surface area contributed by atoms with Crippen molar-refractivity contribution in [1.82, 2.24) is 15.3 Å². The van der Waals surface area contributed by atoms with Crippen LogP contribution in [-0.2, 0) is 13.0 Å². The highest BCUT2D eigenvalue weighted by atomic mass is 32.2. The number of nitrogens with two attached hydrogens (primary N) is 1. The molecule has 0 aliphatic carbocycles. The quantitative estimate of drug-likeness (QED) is 0.746. The summed E-state index contributed by atoms with van der Waals surface area (Å²) in [6.45, 7) is 3.98. The Morgan fingerprint density at radius 2 is 2.06 bits per heavy atom. The number of nitrogens with zero attached hydrogens (tertiary/aromatic N) is 3. The van der Waals surface area contributed by atoms with Crippen LogP contribution in [0.25, 0.3) is 0 Å². The number of nitrogen functional groups attached to an aromatic ring is 1. The lowest BCUT2D eigenvalue weighted by molar-refractivity contribution is 0.623. The van der Waals surface area contributed by atoms with Crippen molar-refractivity contribution >= 4 is 23.5 Å². The SMILES string of the molecule is Nc1nc2c(c(N3CCSCC3)n1)CNCC2. The van der Waals surface area contributed by atoms with E-state index in [1.54, 1.807) is 0 Å². The number of hydrogen-bond donors (Lipinski definition) is 2. The molecule has 2 aliphatic rings. The molecule has 3 heterocycles. The number of hydrogen-bond acceptors (Lipinski definition) is 6. The molecular weight excluding hydrogens is 234 g/mol. The highest BCUT2D eigenvalue weighted by molar-refractivity contribution is 7.99. The van der Waals surface area contributed by atoms with Gasteiger partial charge in [0.1, 0.15) is 5.82 Å². The van der Waals surface area contributed by atoms with Gasteiger partial charge in [-0.1, -0.05) is 0 Å². The minimum Gasteiger partial charge on any atom is -0.368 e. The van der Waals surface area contributed by atoms with Crippen molar-refractivity contribution in [2.24, 2.45) is 0 Å². The number of anilines is 2. The third kappa shape index (κ3) is 2.19. The summed E-state index contributed by atoms with van der Waals surface area (Å²) in [5.74, 6) is 3.82. The minimum atomic E-state index is 0.416. The number of fused-ring (bicyclic) bond motifs is 1. The van der Waals surface area contributed by atoms with Gasteiger partial charge in [0.25, 0.3) is 0 Å². The fourth-order valence-electron chi connectivity index (χ4n) is 2.38. The lowest BCUT2D eigenvalue weighted by Gasteiger charge is -2.31. The molecule has 6 heteroatoms. The number of thioether (sulfide) groups is 1. The molecule has 3 N–H and O–H groups in total. The van der Waals surface area contributed by atoms with E-state index in [9.17, 15) is 0 Å². The molecule has 1 aromatic heterocycles. The Bertz CT molecular complexity index is 417. The van der Waals surface area contributed by atoms with Crippen LogP contribution in [0.4, 0.5) is 11.8 Å². The van der Waals surface area contributed by atoms with Crippen molar-refractivity contribution in [3.05, 3.63) is 11.3 Å². The molecule has 92 valence electrons. The zero-order chi connectivity index (χ0) is 11.7. The molecule has 0 bridgehead atoms. The van der Waals surface area contributed by atoms with E-state index >= 15 is 0 Å². The lowest BCUT2D eigenvalue weighted by Crippen LogP contribution is -2.36. The van der Waals surface area contributed by atoms with E-state index in [0.29, 0.717) is 5.95 Å². The van der Waals surface area contributed by atoms with Gasteiger partial charge in [0.2, 0.25) is 5.95 Å². The van der Waals surface area contributed by atoms with Gasteiger partial charge in [-0.2, -0.15) is 16.7 Å². The van der Waals surface area contributed by atoms with Crippen LogP contribution in [0.3, 0.4) is 0 Å². The van der Waals surface area contributed by atoms with Crippen molar-refractivity contribution in [3.8, 4) is 0 Å². The number of rotatable bonds is 1.